The van der Waals surface area contributed by atoms with E-state index in [0.29, 0.717) is 25.9 Å². The smallest absolute Gasteiger partial charge is 0.303 e. The van der Waals surface area contributed by atoms with Gasteiger partial charge in [-0.05, 0) is 6.42 Å². The van der Waals surface area contributed by atoms with Crippen molar-refractivity contribution >= 4 is 11.9 Å². The first-order valence-corrected chi connectivity index (χ1v) is 3.85. The van der Waals surface area contributed by atoms with Gasteiger partial charge in [0, 0.05) is 25.9 Å². The number of hydrogen-bond donors (Lipinski definition) is 3. The maximum Gasteiger partial charge on any atom is 0.303 e. The molecule has 0 spiro atoms. The second kappa shape index (κ2) is 6.60. The van der Waals surface area contributed by atoms with Gasteiger partial charge in [-0.1, -0.05) is 0 Å². The van der Waals surface area contributed by atoms with Gasteiger partial charge < -0.3 is 16.2 Å². The van der Waals surface area contributed by atoms with Crippen molar-refractivity contribution in [2.45, 2.75) is 19.3 Å². The van der Waals surface area contributed by atoms with Gasteiger partial charge in [-0.25, -0.2) is 0 Å². The lowest BCUT2D eigenvalue weighted by Gasteiger charge is -2.01. The van der Waals surface area contributed by atoms with Crippen LogP contribution in [0.4, 0.5) is 0 Å². The molecule has 5 heteroatoms. The van der Waals surface area contributed by atoms with Crippen molar-refractivity contribution in [3.8, 4) is 0 Å². The van der Waals surface area contributed by atoms with Crippen molar-refractivity contribution in [3.05, 3.63) is 0 Å². The number of nitrogens with two attached hydrogens (primary N) is 1. The van der Waals surface area contributed by atoms with Crippen LogP contribution < -0.4 is 11.1 Å². The second-order valence-electron chi connectivity index (χ2n) is 2.39. The third-order valence-electron chi connectivity index (χ3n) is 1.26. The topological polar surface area (TPSA) is 92.4 Å². The van der Waals surface area contributed by atoms with Crippen LogP contribution in [0.5, 0.6) is 0 Å². The largest absolute Gasteiger partial charge is 0.481 e. The Bertz CT molecular complexity index is 159. The fourth-order valence-corrected chi connectivity index (χ4v) is 0.687. The Morgan fingerprint density at radius 3 is 2.50 bits per heavy atom. The molecular weight excluding hydrogens is 160 g/mol. The number of rotatable bonds is 6. The Labute approximate surface area is 70.9 Å². The van der Waals surface area contributed by atoms with Gasteiger partial charge in [-0.3, -0.25) is 9.59 Å². The Morgan fingerprint density at radius 2 is 2.00 bits per heavy atom. The molecule has 1 amide bonds. The van der Waals surface area contributed by atoms with E-state index in [0.717, 1.165) is 0 Å². The number of carboxylic acid groups (broad SMARTS) is 1. The second-order valence-corrected chi connectivity index (χ2v) is 2.39. The van der Waals surface area contributed by atoms with E-state index in [-0.39, 0.29) is 12.3 Å². The molecule has 0 aliphatic heterocycles. The standard InChI is InChI=1S/C7H14N2O3/c8-4-3-6(10)9-5-1-2-7(11)12/h1-5,8H2,(H,9,10)(H,11,12). The van der Waals surface area contributed by atoms with Crippen LogP contribution in [0.2, 0.25) is 0 Å². The number of nitrogens with one attached hydrogen (secondary N) is 1. The molecule has 0 aliphatic rings. The van der Waals surface area contributed by atoms with Gasteiger partial charge in [-0.15, -0.1) is 0 Å². The summed E-state index contributed by atoms with van der Waals surface area (Å²) in [6.45, 7) is 0.732. The van der Waals surface area contributed by atoms with Crippen molar-refractivity contribution < 1.29 is 14.7 Å². The number of hydrogen-bond acceptors (Lipinski definition) is 3. The molecule has 0 atom stereocenters. The molecule has 0 aliphatic carbocycles. The highest BCUT2D eigenvalue weighted by Crippen LogP contribution is 1.86. The zero-order valence-corrected chi connectivity index (χ0v) is 6.88. The highest BCUT2D eigenvalue weighted by Gasteiger charge is 1.99. The van der Waals surface area contributed by atoms with Crippen LogP contribution in [0.15, 0.2) is 0 Å². The average Bonchev–Trinajstić information content (AvgIpc) is 1.98. The van der Waals surface area contributed by atoms with Crippen LogP contribution in [-0.4, -0.2) is 30.1 Å². The summed E-state index contributed by atoms with van der Waals surface area (Å²) < 4.78 is 0. The third kappa shape index (κ3) is 7.01. The normalized spacial score (nSPS) is 9.42. The van der Waals surface area contributed by atoms with Crippen molar-refractivity contribution in [2.24, 2.45) is 5.73 Å². The van der Waals surface area contributed by atoms with Crippen LogP contribution in [0, 0.1) is 0 Å². The van der Waals surface area contributed by atoms with Gasteiger partial charge in [0.15, 0.2) is 0 Å². The molecule has 0 saturated carbocycles. The maximum atomic E-state index is 10.7. The average molecular weight is 174 g/mol. The highest BCUT2D eigenvalue weighted by atomic mass is 16.4. The molecule has 0 heterocycles. The first-order valence-electron chi connectivity index (χ1n) is 3.85. The van der Waals surface area contributed by atoms with E-state index in [1.165, 1.54) is 0 Å². The molecule has 0 aromatic heterocycles. The van der Waals surface area contributed by atoms with E-state index < -0.39 is 5.97 Å². The van der Waals surface area contributed by atoms with Gasteiger partial charge in [-0.2, -0.15) is 0 Å². The van der Waals surface area contributed by atoms with Gasteiger partial charge in [0.25, 0.3) is 0 Å². The minimum absolute atomic E-state index is 0.0862. The molecule has 0 unspecified atom stereocenters. The molecule has 0 fully saturated rings. The van der Waals surface area contributed by atoms with E-state index in [2.05, 4.69) is 5.32 Å². The molecule has 0 radical (unpaired) electrons. The van der Waals surface area contributed by atoms with E-state index in [1.54, 1.807) is 0 Å². The first-order chi connectivity index (χ1) is 5.66. The van der Waals surface area contributed by atoms with Crippen molar-refractivity contribution in [1.29, 1.82) is 0 Å². The predicted molar refractivity (Wildman–Crippen MR) is 43.6 cm³/mol. The van der Waals surface area contributed by atoms with E-state index in [1.807, 2.05) is 0 Å². The lowest BCUT2D eigenvalue weighted by atomic mass is 10.3. The Kier molecular flexibility index (Phi) is 6.00. The van der Waals surface area contributed by atoms with Gasteiger partial charge >= 0.3 is 5.97 Å². The number of carbonyl (C=O) groups excluding carboxylic acids is 1. The van der Waals surface area contributed by atoms with Crippen LogP contribution in [0.25, 0.3) is 0 Å². The SMILES string of the molecule is NCCC(=O)NCCCC(=O)O. The summed E-state index contributed by atoms with van der Waals surface area (Å²) in [6.07, 6.45) is 0.849. The summed E-state index contributed by atoms with van der Waals surface area (Å²) >= 11 is 0. The van der Waals surface area contributed by atoms with Crippen LogP contribution in [0.3, 0.4) is 0 Å². The van der Waals surface area contributed by atoms with E-state index in [9.17, 15) is 9.59 Å². The number of carboxylic acids is 1. The fourth-order valence-electron chi connectivity index (χ4n) is 0.687. The maximum absolute atomic E-state index is 10.7. The van der Waals surface area contributed by atoms with Crippen molar-refractivity contribution in [3.63, 3.8) is 0 Å². The van der Waals surface area contributed by atoms with Crippen molar-refractivity contribution in [1.82, 2.24) is 5.32 Å². The first kappa shape index (κ1) is 10.9. The van der Waals surface area contributed by atoms with Gasteiger partial charge in [0.2, 0.25) is 5.91 Å². The summed E-state index contributed by atoms with van der Waals surface area (Å²) in [5.74, 6) is -0.967. The van der Waals surface area contributed by atoms with Crippen LogP contribution in [-0.2, 0) is 9.59 Å². The summed E-state index contributed by atoms with van der Waals surface area (Å²) in [4.78, 5) is 20.8. The molecule has 0 rings (SSSR count). The number of amides is 1. The minimum Gasteiger partial charge on any atom is -0.481 e. The summed E-state index contributed by atoms with van der Waals surface area (Å²) in [5.41, 5.74) is 5.13. The van der Waals surface area contributed by atoms with E-state index in [4.69, 9.17) is 10.8 Å². The molecular formula is C7H14N2O3. The quantitative estimate of drug-likeness (QED) is 0.465. The predicted octanol–water partition coefficient (Wildman–Crippen LogP) is -0.684. The molecule has 0 aromatic carbocycles. The van der Waals surface area contributed by atoms with Crippen LogP contribution >= 0.6 is 0 Å². The van der Waals surface area contributed by atoms with Gasteiger partial charge in [0.05, 0.1) is 0 Å². The molecule has 4 N–H and O–H groups in total. The Hall–Kier alpha value is -1.10. The zero-order chi connectivity index (χ0) is 9.40. The molecule has 0 saturated heterocycles. The summed E-state index contributed by atoms with van der Waals surface area (Å²) in [6, 6.07) is 0. The molecule has 12 heavy (non-hydrogen) atoms. The minimum atomic E-state index is -0.844. The Balaban J connectivity index is 3.19. The Morgan fingerprint density at radius 1 is 1.33 bits per heavy atom. The van der Waals surface area contributed by atoms with Gasteiger partial charge in [0.1, 0.15) is 0 Å². The highest BCUT2D eigenvalue weighted by molar-refractivity contribution is 5.76. The molecule has 0 bridgehead atoms. The summed E-state index contributed by atoms with van der Waals surface area (Å²) in [5, 5.41) is 10.8. The third-order valence-corrected chi connectivity index (χ3v) is 1.26. The molecule has 5 nitrogen and oxygen atoms in total. The monoisotopic (exact) mass is 174 g/mol. The molecule has 70 valence electrons. The van der Waals surface area contributed by atoms with Crippen LogP contribution in [0.1, 0.15) is 19.3 Å². The summed E-state index contributed by atoms with van der Waals surface area (Å²) in [7, 11) is 0. The molecule has 0 aromatic rings. The fraction of sp³-hybridized carbons (Fsp3) is 0.714. The van der Waals surface area contributed by atoms with E-state index >= 15 is 0 Å². The number of carbonyl (C=O) groups is 2. The number of aliphatic carboxylic acids is 1. The lowest BCUT2D eigenvalue weighted by molar-refractivity contribution is -0.137. The lowest BCUT2D eigenvalue weighted by Crippen LogP contribution is -2.26. The zero-order valence-electron chi connectivity index (χ0n) is 6.88. The van der Waals surface area contributed by atoms with Crippen molar-refractivity contribution in [2.75, 3.05) is 13.1 Å².